The highest BCUT2D eigenvalue weighted by molar-refractivity contribution is 8.01. The van der Waals surface area contributed by atoms with Crippen molar-refractivity contribution in [3.8, 4) is 0 Å². The fraction of sp³-hybridized carbons (Fsp3) is 0.385. The van der Waals surface area contributed by atoms with Crippen molar-refractivity contribution in [2.75, 3.05) is 17.7 Å². The van der Waals surface area contributed by atoms with Crippen molar-refractivity contribution >= 4 is 29.3 Å². The van der Waals surface area contributed by atoms with E-state index in [0.717, 1.165) is 11.3 Å². The summed E-state index contributed by atoms with van der Waals surface area (Å²) in [6.45, 7) is 2.12. The molecule has 6 heteroatoms. The summed E-state index contributed by atoms with van der Waals surface area (Å²) in [6.07, 6.45) is 0. The van der Waals surface area contributed by atoms with Crippen LogP contribution >= 0.6 is 11.8 Å². The number of nitrogens with one attached hydrogen (secondary N) is 2. The Morgan fingerprint density at radius 2 is 2.32 bits per heavy atom. The Labute approximate surface area is 115 Å². The summed E-state index contributed by atoms with van der Waals surface area (Å²) in [7, 11) is 0. The number of ether oxygens (including phenoxy) is 1. The molecule has 0 aromatic heterocycles. The summed E-state index contributed by atoms with van der Waals surface area (Å²) in [6, 6.07) is 7.09. The Morgan fingerprint density at radius 3 is 3.11 bits per heavy atom. The van der Waals surface area contributed by atoms with Gasteiger partial charge in [0.1, 0.15) is 6.04 Å². The molecular weight excluding hydrogens is 264 g/mol. The number of benzene rings is 1. The second-order valence-corrected chi connectivity index (χ2v) is 5.68. The van der Waals surface area contributed by atoms with Gasteiger partial charge in [0.25, 0.3) is 5.91 Å². The van der Waals surface area contributed by atoms with Crippen molar-refractivity contribution in [2.45, 2.75) is 17.8 Å². The predicted molar refractivity (Wildman–Crippen MR) is 72.8 cm³/mol. The molecule has 2 aliphatic heterocycles. The van der Waals surface area contributed by atoms with Crippen LogP contribution in [0.25, 0.3) is 0 Å². The Kier molecular flexibility index (Phi) is 2.99. The van der Waals surface area contributed by atoms with Gasteiger partial charge in [-0.1, -0.05) is 18.2 Å². The second kappa shape index (κ2) is 4.54. The number of carbonyl (C=O) groups excluding carboxylic acids is 2. The number of anilines is 1. The van der Waals surface area contributed by atoms with Gasteiger partial charge in [0.2, 0.25) is 0 Å². The van der Waals surface area contributed by atoms with Crippen LogP contribution in [0.2, 0.25) is 0 Å². The number of hydrogen-bond donors (Lipinski definition) is 2. The van der Waals surface area contributed by atoms with Crippen molar-refractivity contribution in [3.05, 3.63) is 29.8 Å². The number of hydrogen-bond acceptors (Lipinski definition) is 5. The highest BCUT2D eigenvalue weighted by Crippen LogP contribution is 2.47. The molecule has 1 aromatic carbocycles. The molecule has 3 rings (SSSR count). The lowest BCUT2D eigenvalue weighted by atomic mass is 10.1. The first kappa shape index (κ1) is 12.5. The van der Waals surface area contributed by atoms with E-state index < -0.39 is 10.9 Å². The SMILES string of the molecule is CCOC(=O)[C@@H]1CSC2(N1)C(=O)Nc1ccccc12. The van der Waals surface area contributed by atoms with Crippen molar-refractivity contribution in [2.24, 2.45) is 0 Å². The minimum absolute atomic E-state index is 0.120. The van der Waals surface area contributed by atoms with Crippen LogP contribution in [0.5, 0.6) is 0 Å². The van der Waals surface area contributed by atoms with Crippen LogP contribution in [0.3, 0.4) is 0 Å². The van der Waals surface area contributed by atoms with Crippen molar-refractivity contribution in [1.29, 1.82) is 0 Å². The third-order valence-corrected chi connectivity index (χ3v) is 4.75. The largest absolute Gasteiger partial charge is 0.465 e. The van der Waals surface area contributed by atoms with Crippen molar-refractivity contribution < 1.29 is 14.3 Å². The molecule has 100 valence electrons. The maximum Gasteiger partial charge on any atom is 0.324 e. The minimum atomic E-state index is -0.853. The van der Waals surface area contributed by atoms with E-state index in [9.17, 15) is 9.59 Å². The third-order valence-electron chi connectivity index (χ3n) is 3.29. The topological polar surface area (TPSA) is 67.4 Å². The van der Waals surface area contributed by atoms with Crippen LogP contribution in [-0.2, 0) is 19.2 Å². The van der Waals surface area contributed by atoms with E-state index in [2.05, 4.69) is 10.6 Å². The van der Waals surface area contributed by atoms with Gasteiger partial charge in [-0.25, -0.2) is 0 Å². The molecule has 0 aliphatic carbocycles. The lowest BCUT2D eigenvalue weighted by Gasteiger charge is -2.21. The number of esters is 1. The Balaban J connectivity index is 1.90. The molecule has 1 unspecified atom stereocenters. The van der Waals surface area contributed by atoms with Gasteiger partial charge in [0, 0.05) is 17.0 Å². The van der Waals surface area contributed by atoms with E-state index in [1.165, 1.54) is 11.8 Å². The predicted octanol–water partition coefficient (Wildman–Crippen LogP) is 1.06. The van der Waals surface area contributed by atoms with Gasteiger partial charge in [-0.15, -0.1) is 11.8 Å². The van der Waals surface area contributed by atoms with Gasteiger partial charge in [0.15, 0.2) is 4.87 Å². The van der Waals surface area contributed by atoms with Gasteiger partial charge in [-0.2, -0.15) is 0 Å². The number of carbonyl (C=O) groups is 2. The highest BCUT2D eigenvalue weighted by Gasteiger charge is 2.53. The summed E-state index contributed by atoms with van der Waals surface area (Å²) in [5.74, 6) is 0.107. The molecule has 1 saturated heterocycles. The average Bonchev–Trinajstić information content (AvgIpc) is 2.96. The zero-order valence-corrected chi connectivity index (χ0v) is 11.3. The van der Waals surface area contributed by atoms with Gasteiger partial charge < -0.3 is 10.1 Å². The molecule has 5 nitrogen and oxygen atoms in total. The molecule has 2 aliphatic rings. The molecule has 2 heterocycles. The Bertz CT molecular complexity index is 548. The molecule has 1 spiro atoms. The van der Waals surface area contributed by atoms with E-state index in [1.807, 2.05) is 24.3 Å². The zero-order valence-electron chi connectivity index (χ0n) is 10.4. The summed E-state index contributed by atoms with van der Waals surface area (Å²) < 4.78 is 5.01. The number of amides is 1. The van der Waals surface area contributed by atoms with Crippen LogP contribution in [0.15, 0.2) is 24.3 Å². The Morgan fingerprint density at radius 1 is 1.53 bits per heavy atom. The van der Waals surface area contributed by atoms with Crippen LogP contribution in [0.1, 0.15) is 12.5 Å². The molecule has 2 N–H and O–H groups in total. The molecule has 2 atom stereocenters. The fourth-order valence-electron chi connectivity index (χ4n) is 2.43. The van der Waals surface area contributed by atoms with E-state index in [1.54, 1.807) is 6.92 Å². The number of rotatable bonds is 2. The smallest absolute Gasteiger partial charge is 0.324 e. The van der Waals surface area contributed by atoms with Crippen molar-refractivity contribution in [1.82, 2.24) is 5.32 Å². The zero-order chi connectivity index (χ0) is 13.5. The molecule has 0 radical (unpaired) electrons. The number of thioether (sulfide) groups is 1. The number of para-hydroxylation sites is 1. The minimum Gasteiger partial charge on any atom is -0.465 e. The second-order valence-electron chi connectivity index (χ2n) is 4.44. The Hall–Kier alpha value is -1.53. The number of fused-ring (bicyclic) bond motifs is 2. The van der Waals surface area contributed by atoms with Gasteiger partial charge in [-0.3, -0.25) is 14.9 Å². The normalized spacial score (nSPS) is 28.3. The van der Waals surface area contributed by atoms with Gasteiger partial charge >= 0.3 is 5.97 Å². The lowest BCUT2D eigenvalue weighted by molar-refractivity contribution is -0.145. The average molecular weight is 278 g/mol. The fourth-order valence-corrected chi connectivity index (χ4v) is 3.80. The first-order valence-corrected chi connectivity index (χ1v) is 7.15. The maximum atomic E-state index is 12.2. The first-order chi connectivity index (χ1) is 9.17. The summed E-state index contributed by atoms with van der Waals surface area (Å²) in [5.41, 5.74) is 1.69. The van der Waals surface area contributed by atoms with Gasteiger partial charge in [-0.05, 0) is 13.0 Å². The summed E-state index contributed by atoms with van der Waals surface area (Å²) in [5, 5.41) is 5.98. The molecule has 1 fully saturated rings. The molecular formula is C13H14N2O3S. The van der Waals surface area contributed by atoms with E-state index in [0.29, 0.717) is 12.4 Å². The van der Waals surface area contributed by atoms with Crippen LogP contribution < -0.4 is 10.6 Å². The van der Waals surface area contributed by atoms with E-state index >= 15 is 0 Å². The first-order valence-electron chi connectivity index (χ1n) is 6.16. The molecule has 0 saturated carbocycles. The van der Waals surface area contributed by atoms with Crippen LogP contribution in [-0.4, -0.2) is 30.3 Å². The standard InChI is InChI=1S/C13H14N2O3S/c1-2-18-11(16)10-7-19-13(15-10)8-5-3-4-6-9(8)14-12(13)17/h3-6,10,15H,2,7H2,1H3,(H,14,17)/t10-,13?/m0/s1. The highest BCUT2D eigenvalue weighted by atomic mass is 32.2. The van der Waals surface area contributed by atoms with Crippen molar-refractivity contribution in [3.63, 3.8) is 0 Å². The van der Waals surface area contributed by atoms with Crippen LogP contribution in [0, 0.1) is 0 Å². The van der Waals surface area contributed by atoms with Gasteiger partial charge in [0.05, 0.1) is 6.61 Å². The monoisotopic (exact) mass is 278 g/mol. The molecule has 0 bridgehead atoms. The third kappa shape index (κ3) is 1.82. The maximum absolute atomic E-state index is 12.2. The van der Waals surface area contributed by atoms with E-state index in [-0.39, 0.29) is 11.9 Å². The molecule has 1 amide bonds. The molecule has 19 heavy (non-hydrogen) atoms. The van der Waals surface area contributed by atoms with Crippen LogP contribution in [0.4, 0.5) is 5.69 Å². The quantitative estimate of drug-likeness (QED) is 0.792. The summed E-state index contributed by atoms with van der Waals surface area (Å²) >= 11 is 1.44. The van der Waals surface area contributed by atoms with E-state index in [4.69, 9.17) is 4.74 Å². The molecule has 1 aromatic rings. The lowest BCUT2D eigenvalue weighted by Crippen LogP contribution is -2.47. The summed E-state index contributed by atoms with van der Waals surface area (Å²) in [4.78, 5) is 23.2.